The largest absolute Gasteiger partial charge is 0.357 e. The Bertz CT molecular complexity index is 480. The van der Waals surface area contributed by atoms with Crippen LogP contribution in [0.25, 0.3) is 0 Å². The highest BCUT2D eigenvalue weighted by atomic mass is 15.3. The zero-order chi connectivity index (χ0) is 15.9. The second-order valence-corrected chi connectivity index (χ2v) is 6.31. The van der Waals surface area contributed by atoms with Gasteiger partial charge in [-0.25, -0.2) is 0 Å². The molecule has 1 aliphatic rings. The standard InChI is InChI=1S/C18H30N4/c1-5-19-18(20-13-17-7-6-12-21(17)3)22(4)14-16-10-8-15(2)9-11-16/h8-11,17H,5-7,12-14H2,1-4H3,(H,19,20). The molecule has 0 bridgehead atoms. The summed E-state index contributed by atoms with van der Waals surface area (Å²) in [5.41, 5.74) is 2.62. The first kappa shape index (κ1) is 16.8. The van der Waals surface area contributed by atoms with Crippen LogP contribution in [0.3, 0.4) is 0 Å². The number of hydrogen-bond acceptors (Lipinski definition) is 2. The molecule has 22 heavy (non-hydrogen) atoms. The summed E-state index contributed by atoms with van der Waals surface area (Å²) in [5, 5.41) is 3.41. The minimum absolute atomic E-state index is 0.599. The third-order valence-electron chi connectivity index (χ3n) is 4.36. The number of nitrogens with one attached hydrogen (secondary N) is 1. The number of aryl methyl sites for hydroxylation is 1. The molecule has 1 atom stereocenters. The van der Waals surface area contributed by atoms with Crippen molar-refractivity contribution in [3.8, 4) is 0 Å². The van der Waals surface area contributed by atoms with Crippen LogP contribution >= 0.6 is 0 Å². The molecular weight excluding hydrogens is 272 g/mol. The fourth-order valence-corrected chi connectivity index (χ4v) is 2.91. The summed E-state index contributed by atoms with van der Waals surface area (Å²) < 4.78 is 0. The van der Waals surface area contributed by atoms with E-state index in [0.29, 0.717) is 6.04 Å². The number of aliphatic imine (C=N–C) groups is 1. The molecule has 4 nitrogen and oxygen atoms in total. The molecule has 2 rings (SSSR count). The van der Waals surface area contributed by atoms with Crippen LogP contribution in [0.5, 0.6) is 0 Å². The van der Waals surface area contributed by atoms with E-state index in [1.54, 1.807) is 0 Å². The topological polar surface area (TPSA) is 30.9 Å². The molecule has 0 radical (unpaired) electrons. The summed E-state index contributed by atoms with van der Waals surface area (Å²) in [4.78, 5) is 9.48. The van der Waals surface area contributed by atoms with E-state index in [-0.39, 0.29) is 0 Å². The van der Waals surface area contributed by atoms with E-state index >= 15 is 0 Å². The molecule has 0 amide bonds. The lowest BCUT2D eigenvalue weighted by atomic mass is 10.1. The Hall–Kier alpha value is -1.55. The first-order valence-electron chi connectivity index (χ1n) is 8.35. The maximum Gasteiger partial charge on any atom is 0.194 e. The maximum atomic E-state index is 4.85. The minimum Gasteiger partial charge on any atom is -0.357 e. The minimum atomic E-state index is 0.599. The quantitative estimate of drug-likeness (QED) is 0.670. The number of likely N-dealkylation sites (tertiary alicyclic amines) is 1. The van der Waals surface area contributed by atoms with Crippen molar-refractivity contribution < 1.29 is 0 Å². The monoisotopic (exact) mass is 302 g/mol. The Morgan fingerprint density at radius 2 is 2.09 bits per heavy atom. The molecule has 0 aromatic heterocycles. The van der Waals surface area contributed by atoms with E-state index < -0.39 is 0 Å². The summed E-state index contributed by atoms with van der Waals surface area (Å²) >= 11 is 0. The molecule has 1 N–H and O–H groups in total. The molecule has 122 valence electrons. The Labute approximate surface area is 135 Å². The van der Waals surface area contributed by atoms with E-state index in [0.717, 1.165) is 25.6 Å². The van der Waals surface area contributed by atoms with E-state index in [1.807, 2.05) is 0 Å². The average molecular weight is 302 g/mol. The molecule has 0 saturated carbocycles. The van der Waals surface area contributed by atoms with Gasteiger partial charge in [0.05, 0.1) is 6.54 Å². The van der Waals surface area contributed by atoms with Crippen molar-refractivity contribution in [1.29, 1.82) is 0 Å². The van der Waals surface area contributed by atoms with Crippen LogP contribution in [0.4, 0.5) is 0 Å². The molecule has 0 spiro atoms. The van der Waals surface area contributed by atoms with Crippen molar-refractivity contribution in [2.45, 2.75) is 39.3 Å². The summed E-state index contributed by atoms with van der Waals surface area (Å²) in [6.45, 7) is 8.12. The molecule has 1 heterocycles. The molecule has 4 heteroatoms. The zero-order valence-corrected chi connectivity index (χ0v) is 14.5. The van der Waals surface area contributed by atoms with Gasteiger partial charge < -0.3 is 15.1 Å². The van der Waals surface area contributed by atoms with Gasteiger partial charge in [-0.05, 0) is 45.8 Å². The van der Waals surface area contributed by atoms with Crippen LogP contribution in [0.2, 0.25) is 0 Å². The Morgan fingerprint density at radius 3 is 2.68 bits per heavy atom. The van der Waals surface area contributed by atoms with Crippen molar-refractivity contribution in [2.24, 2.45) is 4.99 Å². The van der Waals surface area contributed by atoms with Gasteiger partial charge in [0, 0.05) is 26.2 Å². The number of nitrogens with zero attached hydrogens (tertiary/aromatic N) is 3. The predicted molar refractivity (Wildman–Crippen MR) is 94.3 cm³/mol. The molecule has 1 aromatic rings. The van der Waals surface area contributed by atoms with Crippen LogP contribution in [0.15, 0.2) is 29.3 Å². The van der Waals surface area contributed by atoms with Crippen LogP contribution in [0, 0.1) is 6.92 Å². The van der Waals surface area contributed by atoms with Gasteiger partial charge in [-0.3, -0.25) is 4.99 Å². The lowest BCUT2D eigenvalue weighted by Gasteiger charge is -2.24. The van der Waals surface area contributed by atoms with Crippen molar-refractivity contribution in [2.75, 3.05) is 33.7 Å². The predicted octanol–water partition coefficient (Wildman–Crippen LogP) is 2.49. The smallest absolute Gasteiger partial charge is 0.194 e. The van der Waals surface area contributed by atoms with Crippen molar-refractivity contribution in [3.05, 3.63) is 35.4 Å². The highest BCUT2D eigenvalue weighted by Crippen LogP contribution is 2.15. The van der Waals surface area contributed by atoms with Crippen molar-refractivity contribution in [3.63, 3.8) is 0 Å². The van der Waals surface area contributed by atoms with Gasteiger partial charge >= 0.3 is 0 Å². The van der Waals surface area contributed by atoms with Gasteiger partial charge in [0.1, 0.15) is 0 Å². The fourth-order valence-electron chi connectivity index (χ4n) is 2.91. The lowest BCUT2D eigenvalue weighted by Crippen LogP contribution is -2.39. The van der Waals surface area contributed by atoms with Crippen LogP contribution in [-0.4, -0.2) is 55.5 Å². The maximum absolute atomic E-state index is 4.85. The van der Waals surface area contributed by atoms with Gasteiger partial charge in [0.15, 0.2) is 5.96 Å². The van der Waals surface area contributed by atoms with E-state index in [1.165, 1.54) is 30.5 Å². The SMILES string of the molecule is CCNC(=NCC1CCCN1C)N(C)Cc1ccc(C)cc1. The third kappa shape index (κ3) is 4.73. The first-order valence-corrected chi connectivity index (χ1v) is 8.35. The Kier molecular flexibility index (Phi) is 6.25. The Morgan fingerprint density at radius 1 is 1.36 bits per heavy atom. The molecule has 0 aliphatic carbocycles. The van der Waals surface area contributed by atoms with Crippen molar-refractivity contribution >= 4 is 5.96 Å². The normalized spacial score (nSPS) is 19.5. The van der Waals surface area contributed by atoms with Crippen molar-refractivity contribution in [1.82, 2.24) is 15.1 Å². The summed E-state index contributed by atoms with van der Waals surface area (Å²) in [6, 6.07) is 9.32. The number of likely N-dealkylation sites (N-methyl/N-ethyl adjacent to an activating group) is 1. The Balaban J connectivity index is 1.97. The van der Waals surface area contributed by atoms with Gasteiger partial charge in [0.2, 0.25) is 0 Å². The van der Waals surface area contributed by atoms with Gasteiger partial charge in [-0.2, -0.15) is 0 Å². The van der Waals surface area contributed by atoms with Crippen LogP contribution in [-0.2, 0) is 6.54 Å². The number of benzene rings is 1. The van der Waals surface area contributed by atoms with Gasteiger partial charge in [-0.15, -0.1) is 0 Å². The molecule has 1 aromatic carbocycles. The highest BCUT2D eigenvalue weighted by molar-refractivity contribution is 5.79. The number of guanidine groups is 1. The number of hydrogen-bond donors (Lipinski definition) is 1. The highest BCUT2D eigenvalue weighted by Gasteiger charge is 2.20. The van der Waals surface area contributed by atoms with E-state index in [4.69, 9.17) is 4.99 Å². The summed E-state index contributed by atoms with van der Waals surface area (Å²) in [6.07, 6.45) is 2.56. The second kappa shape index (κ2) is 8.18. The summed E-state index contributed by atoms with van der Waals surface area (Å²) in [7, 11) is 4.32. The molecular formula is C18H30N4. The fraction of sp³-hybridized carbons (Fsp3) is 0.611. The molecule has 1 saturated heterocycles. The molecule has 1 aliphatic heterocycles. The van der Waals surface area contributed by atoms with Gasteiger partial charge in [0.25, 0.3) is 0 Å². The average Bonchev–Trinajstić information content (AvgIpc) is 2.91. The lowest BCUT2D eigenvalue weighted by molar-refractivity contribution is 0.316. The van der Waals surface area contributed by atoms with E-state index in [2.05, 4.69) is 67.3 Å². The molecule has 1 fully saturated rings. The van der Waals surface area contributed by atoms with Crippen LogP contribution < -0.4 is 5.32 Å². The molecule has 1 unspecified atom stereocenters. The summed E-state index contributed by atoms with van der Waals surface area (Å²) in [5.74, 6) is 1.00. The van der Waals surface area contributed by atoms with Gasteiger partial charge in [-0.1, -0.05) is 29.8 Å². The second-order valence-electron chi connectivity index (χ2n) is 6.31. The van der Waals surface area contributed by atoms with E-state index in [9.17, 15) is 0 Å². The third-order valence-corrected chi connectivity index (χ3v) is 4.36. The first-order chi connectivity index (χ1) is 10.6. The zero-order valence-electron chi connectivity index (χ0n) is 14.5. The van der Waals surface area contributed by atoms with Crippen LogP contribution in [0.1, 0.15) is 30.9 Å². The number of rotatable bonds is 5.